The van der Waals surface area contributed by atoms with E-state index in [4.69, 9.17) is 0 Å². The van der Waals surface area contributed by atoms with E-state index in [1.165, 1.54) is 32.4 Å². The van der Waals surface area contributed by atoms with Crippen molar-refractivity contribution in [1.82, 2.24) is 4.90 Å². The molecule has 0 aromatic rings. The standard InChI is InChI=1S/C13H29NO/c1-5-9-14(4)10-8-12(6-2)11-13(15)7-3/h12-13,15H,5-11H2,1-4H3. The molecule has 0 aliphatic rings. The summed E-state index contributed by atoms with van der Waals surface area (Å²) in [6.45, 7) is 8.86. The van der Waals surface area contributed by atoms with Crippen molar-refractivity contribution in [3.05, 3.63) is 0 Å². The Hall–Kier alpha value is -0.0800. The predicted octanol–water partition coefficient (Wildman–Crippen LogP) is 2.91. The van der Waals surface area contributed by atoms with E-state index in [1.807, 2.05) is 0 Å². The van der Waals surface area contributed by atoms with Crippen LogP contribution in [0.15, 0.2) is 0 Å². The highest BCUT2D eigenvalue weighted by atomic mass is 16.3. The van der Waals surface area contributed by atoms with E-state index < -0.39 is 0 Å². The Kier molecular flexibility index (Phi) is 9.12. The van der Waals surface area contributed by atoms with Crippen molar-refractivity contribution in [3.63, 3.8) is 0 Å². The van der Waals surface area contributed by atoms with Crippen LogP contribution in [-0.4, -0.2) is 36.2 Å². The van der Waals surface area contributed by atoms with E-state index in [0.717, 1.165) is 12.8 Å². The van der Waals surface area contributed by atoms with E-state index in [0.29, 0.717) is 5.92 Å². The summed E-state index contributed by atoms with van der Waals surface area (Å²) in [5.41, 5.74) is 0. The lowest BCUT2D eigenvalue weighted by Crippen LogP contribution is -2.23. The van der Waals surface area contributed by atoms with Gasteiger partial charge in [0.1, 0.15) is 0 Å². The third kappa shape index (κ3) is 7.80. The Morgan fingerprint density at radius 3 is 2.20 bits per heavy atom. The number of rotatable bonds is 9. The van der Waals surface area contributed by atoms with Crippen LogP contribution in [0, 0.1) is 5.92 Å². The summed E-state index contributed by atoms with van der Waals surface area (Å²) in [6, 6.07) is 0. The first kappa shape index (κ1) is 14.9. The highest BCUT2D eigenvalue weighted by molar-refractivity contribution is 4.65. The molecule has 0 radical (unpaired) electrons. The predicted molar refractivity (Wildman–Crippen MR) is 67.1 cm³/mol. The molecule has 0 fully saturated rings. The second-order valence-corrected chi connectivity index (χ2v) is 4.66. The largest absolute Gasteiger partial charge is 0.393 e. The van der Waals surface area contributed by atoms with Gasteiger partial charge in [-0.1, -0.05) is 27.2 Å². The summed E-state index contributed by atoms with van der Waals surface area (Å²) in [4.78, 5) is 2.39. The lowest BCUT2D eigenvalue weighted by Gasteiger charge is -2.22. The molecule has 2 heteroatoms. The molecule has 0 saturated heterocycles. The summed E-state index contributed by atoms with van der Waals surface area (Å²) >= 11 is 0. The lowest BCUT2D eigenvalue weighted by atomic mass is 9.94. The van der Waals surface area contributed by atoms with E-state index in [1.54, 1.807) is 0 Å². The summed E-state index contributed by atoms with van der Waals surface area (Å²) in [6.07, 6.45) is 5.42. The molecule has 0 saturated carbocycles. The molecule has 15 heavy (non-hydrogen) atoms. The molecular formula is C13H29NO. The molecule has 92 valence electrons. The van der Waals surface area contributed by atoms with Crippen LogP contribution in [0.1, 0.15) is 52.9 Å². The van der Waals surface area contributed by atoms with Gasteiger partial charge in [-0.25, -0.2) is 0 Å². The van der Waals surface area contributed by atoms with Crippen molar-refractivity contribution in [3.8, 4) is 0 Å². The highest BCUT2D eigenvalue weighted by Crippen LogP contribution is 2.17. The summed E-state index contributed by atoms with van der Waals surface area (Å²) in [5, 5.41) is 9.61. The van der Waals surface area contributed by atoms with Crippen molar-refractivity contribution in [1.29, 1.82) is 0 Å². The van der Waals surface area contributed by atoms with Gasteiger partial charge in [0.15, 0.2) is 0 Å². The van der Waals surface area contributed by atoms with Crippen molar-refractivity contribution < 1.29 is 5.11 Å². The Morgan fingerprint density at radius 2 is 1.73 bits per heavy atom. The van der Waals surface area contributed by atoms with Crippen LogP contribution in [-0.2, 0) is 0 Å². The van der Waals surface area contributed by atoms with Gasteiger partial charge in [-0.3, -0.25) is 0 Å². The van der Waals surface area contributed by atoms with Crippen LogP contribution in [0.3, 0.4) is 0 Å². The molecule has 0 rings (SSSR count). The van der Waals surface area contributed by atoms with Crippen LogP contribution in [0.25, 0.3) is 0 Å². The van der Waals surface area contributed by atoms with Crippen LogP contribution in [0.5, 0.6) is 0 Å². The number of nitrogens with zero attached hydrogens (tertiary/aromatic N) is 1. The highest BCUT2D eigenvalue weighted by Gasteiger charge is 2.12. The third-order valence-electron chi connectivity index (χ3n) is 3.18. The van der Waals surface area contributed by atoms with E-state index >= 15 is 0 Å². The maximum Gasteiger partial charge on any atom is 0.0540 e. The minimum absolute atomic E-state index is 0.0913. The Labute approximate surface area is 95.7 Å². The van der Waals surface area contributed by atoms with Gasteiger partial charge in [0, 0.05) is 0 Å². The Morgan fingerprint density at radius 1 is 1.07 bits per heavy atom. The molecule has 0 aromatic heterocycles. The van der Waals surface area contributed by atoms with Gasteiger partial charge in [0.05, 0.1) is 6.10 Å². The molecule has 2 unspecified atom stereocenters. The van der Waals surface area contributed by atoms with Gasteiger partial charge in [0.2, 0.25) is 0 Å². The normalized spacial score (nSPS) is 15.6. The second-order valence-electron chi connectivity index (χ2n) is 4.66. The van der Waals surface area contributed by atoms with Gasteiger partial charge in [-0.05, 0) is 51.7 Å². The van der Waals surface area contributed by atoms with Crippen LogP contribution in [0.2, 0.25) is 0 Å². The first-order valence-corrected chi connectivity index (χ1v) is 6.50. The molecule has 0 bridgehead atoms. The van der Waals surface area contributed by atoms with Gasteiger partial charge >= 0.3 is 0 Å². The number of hydrogen-bond donors (Lipinski definition) is 1. The smallest absolute Gasteiger partial charge is 0.0540 e. The summed E-state index contributed by atoms with van der Waals surface area (Å²) in [7, 11) is 2.19. The number of hydrogen-bond acceptors (Lipinski definition) is 2. The van der Waals surface area contributed by atoms with Crippen molar-refractivity contribution >= 4 is 0 Å². The molecule has 0 spiro atoms. The Bertz CT molecular complexity index is 138. The van der Waals surface area contributed by atoms with Crippen molar-refractivity contribution in [2.75, 3.05) is 20.1 Å². The molecule has 0 aromatic carbocycles. The van der Waals surface area contributed by atoms with E-state index in [9.17, 15) is 5.11 Å². The van der Waals surface area contributed by atoms with Gasteiger partial charge in [-0.15, -0.1) is 0 Å². The Balaban J connectivity index is 3.69. The van der Waals surface area contributed by atoms with Crippen LogP contribution < -0.4 is 0 Å². The topological polar surface area (TPSA) is 23.5 Å². The minimum Gasteiger partial charge on any atom is -0.393 e. The van der Waals surface area contributed by atoms with E-state index in [-0.39, 0.29) is 6.10 Å². The molecule has 1 N–H and O–H groups in total. The first-order chi connectivity index (χ1) is 7.13. The quantitative estimate of drug-likeness (QED) is 0.639. The maximum atomic E-state index is 9.61. The molecule has 2 atom stereocenters. The zero-order valence-corrected chi connectivity index (χ0v) is 11.0. The molecule has 0 heterocycles. The molecule has 0 amide bonds. The lowest BCUT2D eigenvalue weighted by molar-refractivity contribution is 0.130. The zero-order valence-electron chi connectivity index (χ0n) is 11.0. The average molecular weight is 215 g/mol. The fraction of sp³-hybridized carbons (Fsp3) is 1.00. The first-order valence-electron chi connectivity index (χ1n) is 6.50. The zero-order chi connectivity index (χ0) is 11.7. The monoisotopic (exact) mass is 215 g/mol. The van der Waals surface area contributed by atoms with E-state index in [2.05, 4.69) is 32.7 Å². The summed E-state index contributed by atoms with van der Waals surface area (Å²) < 4.78 is 0. The van der Waals surface area contributed by atoms with Gasteiger partial charge < -0.3 is 10.0 Å². The third-order valence-corrected chi connectivity index (χ3v) is 3.18. The van der Waals surface area contributed by atoms with Crippen LogP contribution in [0.4, 0.5) is 0 Å². The second kappa shape index (κ2) is 9.17. The molecular weight excluding hydrogens is 186 g/mol. The van der Waals surface area contributed by atoms with Crippen molar-refractivity contribution in [2.45, 2.75) is 59.0 Å². The molecule has 2 nitrogen and oxygen atoms in total. The number of aliphatic hydroxyl groups excluding tert-OH is 1. The van der Waals surface area contributed by atoms with Gasteiger partial charge in [0.25, 0.3) is 0 Å². The molecule has 0 aliphatic heterocycles. The SMILES string of the molecule is CCCN(C)CCC(CC)CC(O)CC. The maximum absolute atomic E-state index is 9.61. The van der Waals surface area contributed by atoms with Crippen molar-refractivity contribution in [2.24, 2.45) is 5.92 Å². The minimum atomic E-state index is -0.0913. The van der Waals surface area contributed by atoms with Gasteiger partial charge in [-0.2, -0.15) is 0 Å². The fourth-order valence-electron chi connectivity index (χ4n) is 1.94. The molecule has 0 aliphatic carbocycles. The summed E-state index contributed by atoms with van der Waals surface area (Å²) in [5.74, 6) is 0.694. The fourth-order valence-corrected chi connectivity index (χ4v) is 1.94. The average Bonchev–Trinajstić information content (AvgIpc) is 2.24. The number of aliphatic hydroxyl groups is 1. The van der Waals surface area contributed by atoms with Crippen LogP contribution >= 0.6 is 0 Å².